The van der Waals surface area contributed by atoms with Crippen molar-refractivity contribution in [3.8, 4) is 22.6 Å². The highest BCUT2D eigenvalue weighted by Gasteiger charge is 2.11. The molecule has 0 spiro atoms. The number of nitrogens with one attached hydrogen (secondary N) is 2. The van der Waals surface area contributed by atoms with Crippen LogP contribution in [0, 0.1) is 17.5 Å². The fourth-order valence-corrected chi connectivity index (χ4v) is 4.60. The fraction of sp³-hybridized carbons (Fsp3) is 0.0870. The maximum Gasteiger partial charge on any atom is 0.187 e. The quantitative estimate of drug-likeness (QED) is 0.203. The van der Waals surface area contributed by atoms with Crippen molar-refractivity contribution in [2.24, 2.45) is 0 Å². The van der Waals surface area contributed by atoms with E-state index >= 15 is 0 Å². The Morgan fingerprint density at radius 3 is 2.73 bits per heavy atom. The second-order valence-electron chi connectivity index (χ2n) is 7.17. The summed E-state index contributed by atoms with van der Waals surface area (Å²) in [6.45, 7) is 4.18. The van der Waals surface area contributed by atoms with Crippen molar-refractivity contribution in [2.75, 3.05) is 5.32 Å². The number of imidazole rings is 1. The molecule has 0 fully saturated rings. The first-order valence-electron chi connectivity index (χ1n) is 9.47. The maximum atomic E-state index is 4.81. The van der Waals surface area contributed by atoms with E-state index in [-0.39, 0.29) is 0 Å². The Labute approximate surface area is 191 Å². The number of rotatable bonds is 4. The second kappa shape index (κ2) is 7.81. The zero-order valence-electron chi connectivity index (χ0n) is 16.4. The predicted octanol–water partition coefficient (Wildman–Crippen LogP) is 6.71. The molecule has 0 aliphatic rings. The van der Waals surface area contributed by atoms with Gasteiger partial charge in [0.25, 0.3) is 0 Å². The van der Waals surface area contributed by atoms with Crippen LogP contribution in [-0.4, -0.2) is 19.9 Å². The van der Waals surface area contributed by atoms with E-state index in [2.05, 4.69) is 93.5 Å². The van der Waals surface area contributed by atoms with Crippen LogP contribution >= 0.6 is 33.9 Å². The lowest BCUT2D eigenvalue weighted by molar-refractivity contribution is 1.26. The predicted molar refractivity (Wildman–Crippen MR) is 132 cm³/mol. The normalized spacial score (nSPS) is 11.2. The molecule has 2 aromatic carbocycles. The van der Waals surface area contributed by atoms with Crippen LogP contribution in [0.1, 0.15) is 11.1 Å². The number of thiazole rings is 1. The number of hydrogen-bond acceptors (Lipinski definition) is 5. The zero-order valence-corrected chi connectivity index (χ0v) is 19.4. The van der Waals surface area contributed by atoms with Gasteiger partial charge in [-0.05, 0) is 72.3 Å². The van der Waals surface area contributed by atoms with Gasteiger partial charge < -0.3 is 10.3 Å². The number of hydrogen-bond donors (Lipinski definition) is 2. The van der Waals surface area contributed by atoms with E-state index in [0.717, 1.165) is 53.8 Å². The van der Waals surface area contributed by atoms with Gasteiger partial charge in [0.2, 0.25) is 0 Å². The van der Waals surface area contributed by atoms with Gasteiger partial charge in [-0.25, -0.2) is 9.97 Å². The number of nitrogens with zero attached hydrogens (tertiary/aromatic N) is 3. The number of aromatic amines is 1. The molecule has 5 rings (SSSR count). The molecule has 148 valence electrons. The van der Waals surface area contributed by atoms with Crippen molar-refractivity contribution in [3.63, 3.8) is 0 Å². The smallest absolute Gasteiger partial charge is 0.187 e. The molecule has 0 unspecified atom stereocenters. The molecule has 0 aliphatic heterocycles. The minimum Gasteiger partial charge on any atom is -0.338 e. The molecule has 0 bridgehead atoms. The van der Waals surface area contributed by atoms with Gasteiger partial charge in [0.15, 0.2) is 5.13 Å². The molecule has 0 saturated carbocycles. The molecule has 2 N–H and O–H groups in total. The zero-order chi connectivity index (χ0) is 20.7. The molecule has 3 aromatic heterocycles. The largest absolute Gasteiger partial charge is 0.338 e. The highest BCUT2D eigenvalue weighted by molar-refractivity contribution is 14.1. The molecule has 0 atom stereocenters. The standard InChI is InChI=1S/C23H18IN5S/c1-13-4-3-5-16(8-13)22-26-18-9-14(2)17(11-19(18)27-22)28-23-29-20(12-30-23)15-6-7-25-21(24)10-15/h3-12H,1-2H3,(H,26,27)(H,28,29). The van der Waals surface area contributed by atoms with Crippen molar-refractivity contribution in [2.45, 2.75) is 13.8 Å². The summed E-state index contributed by atoms with van der Waals surface area (Å²) in [5, 5.41) is 6.38. The average Bonchev–Trinajstić information content (AvgIpc) is 3.35. The summed E-state index contributed by atoms with van der Waals surface area (Å²) in [5.41, 5.74) is 8.43. The van der Waals surface area contributed by atoms with Crippen LogP contribution in [0.15, 0.2) is 60.1 Å². The van der Waals surface area contributed by atoms with E-state index in [4.69, 9.17) is 9.97 Å². The molecule has 0 aliphatic carbocycles. The Kier molecular flexibility index (Phi) is 5.00. The molecule has 7 heteroatoms. The number of aromatic nitrogens is 4. The number of aryl methyl sites for hydroxylation is 2. The van der Waals surface area contributed by atoms with Crippen LogP contribution in [0.2, 0.25) is 0 Å². The van der Waals surface area contributed by atoms with Crippen molar-refractivity contribution >= 4 is 55.8 Å². The van der Waals surface area contributed by atoms with Gasteiger partial charge in [0.05, 0.1) is 16.7 Å². The monoisotopic (exact) mass is 523 g/mol. The molecular weight excluding hydrogens is 505 g/mol. The van der Waals surface area contributed by atoms with Gasteiger partial charge in [-0.1, -0.05) is 23.8 Å². The topological polar surface area (TPSA) is 66.5 Å². The summed E-state index contributed by atoms with van der Waals surface area (Å²) >= 11 is 3.81. The molecule has 5 nitrogen and oxygen atoms in total. The van der Waals surface area contributed by atoms with Gasteiger partial charge >= 0.3 is 0 Å². The number of anilines is 2. The van der Waals surface area contributed by atoms with Crippen LogP contribution in [-0.2, 0) is 0 Å². The minimum absolute atomic E-state index is 0.855. The van der Waals surface area contributed by atoms with E-state index in [1.807, 2.05) is 18.3 Å². The molecule has 0 radical (unpaired) electrons. The third-order valence-electron chi connectivity index (χ3n) is 4.89. The van der Waals surface area contributed by atoms with E-state index in [1.165, 1.54) is 5.56 Å². The first-order valence-corrected chi connectivity index (χ1v) is 11.4. The summed E-state index contributed by atoms with van der Waals surface area (Å²) in [6, 6.07) is 16.6. The van der Waals surface area contributed by atoms with Gasteiger partial charge in [-0.3, -0.25) is 4.98 Å². The Bertz CT molecular complexity index is 1370. The highest BCUT2D eigenvalue weighted by atomic mass is 127. The Balaban J connectivity index is 1.46. The number of benzene rings is 2. The van der Waals surface area contributed by atoms with Crippen molar-refractivity contribution in [1.29, 1.82) is 0 Å². The summed E-state index contributed by atoms with van der Waals surface area (Å²) in [4.78, 5) is 17.2. The second-order valence-corrected chi connectivity index (χ2v) is 9.13. The maximum absolute atomic E-state index is 4.81. The lowest BCUT2D eigenvalue weighted by Gasteiger charge is -2.06. The van der Waals surface area contributed by atoms with Gasteiger partial charge in [-0.2, -0.15) is 0 Å². The first kappa shape index (κ1) is 19.2. The summed E-state index contributed by atoms with van der Waals surface area (Å²) in [5.74, 6) is 0.883. The van der Waals surface area contributed by atoms with E-state index in [9.17, 15) is 0 Å². The summed E-state index contributed by atoms with van der Waals surface area (Å²) in [6.07, 6.45) is 1.81. The Morgan fingerprint density at radius 1 is 1.00 bits per heavy atom. The van der Waals surface area contributed by atoms with Gasteiger partial charge in [0, 0.05) is 28.4 Å². The fourth-order valence-electron chi connectivity index (χ4n) is 3.37. The number of H-pyrrole nitrogens is 1. The lowest BCUT2D eigenvalue weighted by atomic mass is 10.1. The van der Waals surface area contributed by atoms with Crippen LogP contribution in [0.25, 0.3) is 33.7 Å². The molecule has 0 amide bonds. The Morgan fingerprint density at radius 2 is 1.90 bits per heavy atom. The van der Waals surface area contributed by atoms with Gasteiger partial charge in [-0.15, -0.1) is 11.3 Å². The molecular formula is C23H18IN5S. The Hall–Kier alpha value is -2.78. The number of pyridine rings is 1. The van der Waals surface area contributed by atoms with Gasteiger partial charge in [0.1, 0.15) is 9.53 Å². The van der Waals surface area contributed by atoms with Crippen LogP contribution in [0.4, 0.5) is 10.8 Å². The third kappa shape index (κ3) is 3.82. The van der Waals surface area contributed by atoms with E-state index in [0.29, 0.717) is 0 Å². The SMILES string of the molecule is Cc1cccc(-c2nc3cc(Nc4nc(-c5ccnc(I)c5)cs4)c(C)cc3[nH]2)c1. The van der Waals surface area contributed by atoms with Crippen LogP contribution < -0.4 is 5.32 Å². The highest BCUT2D eigenvalue weighted by Crippen LogP contribution is 2.31. The molecule has 3 heterocycles. The molecule has 30 heavy (non-hydrogen) atoms. The summed E-state index contributed by atoms with van der Waals surface area (Å²) < 4.78 is 0.955. The van der Waals surface area contributed by atoms with Crippen LogP contribution in [0.5, 0.6) is 0 Å². The van der Waals surface area contributed by atoms with E-state index < -0.39 is 0 Å². The van der Waals surface area contributed by atoms with Crippen molar-refractivity contribution < 1.29 is 0 Å². The minimum atomic E-state index is 0.855. The average molecular weight is 523 g/mol. The number of fused-ring (bicyclic) bond motifs is 1. The molecule has 0 saturated heterocycles. The lowest BCUT2D eigenvalue weighted by Crippen LogP contribution is -1.93. The van der Waals surface area contributed by atoms with Crippen molar-refractivity contribution in [1.82, 2.24) is 19.9 Å². The molecule has 5 aromatic rings. The first-order chi connectivity index (χ1) is 14.5. The summed E-state index contributed by atoms with van der Waals surface area (Å²) in [7, 11) is 0. The third-order valence-corrected chi connectivity index (χ3v) is 6.24. The van der Waals surface area contributed by atoms with Crippen molar-refractivity contribution in [3.05, 3.63) is 74.9 Å². The van der Waals surface area contributed by atoms with Crippen LogP contribution in [0.3, 0.4) is 0 Å². The number of halogens is 1. The van der Waals surface area contributed by atoms with E-state index in [1.54, 1.807) is 11.3 Å².